The molecule has 2 rings (SSSR count). The number of piperidine rings is 1. The zero-order valence-corrected chi connectivity index (χ0v) is 14.1. The first kappa shape index (κ1) is 17.1. The smallest absolute Gasteiger partial charge is 0.317 e. The summed E-state index contributed by atoms with van der Waals surface area (Å²) in [5, 5.41) is 6.05. The number of rotatable bonds is 3. The van der Waals surface area contributed by atoms with Crippen LogP contribution in [0.15, 0.2) is 0 Å². The number of carbonyl (C=O) groups excluding carboxylic acids is 2. The quantitative estimate of drug-likeness (QED) is 0.813. The Kier molecular flexibility index (Phi) is 6.06. The minimum atomic E-state index is -0.00764. The Morgan fingerprint density at radius 2 is 1.91 bits per heavy atom. The highest BCUT2D eigenvalue weighted by atomic mass is 16.2. The molecule has 0 saturated carbocycles. The Labute approximate surface area is 133 Å². The van der Waals surface area contributed by atoms with Crippen LogP contribution in [-0.4, -0.2) is 67.6 Å². The van der Waals surface area contributed by atoms with Crippen molar-refractivity contribution in [1.29, 1.82) is 0 Å². The average Bonchev–Trinajstić information content (AvgIpc) is 2.54. The van der Waals surface area contributed by atoms with Crippen molar-refractivity contribution >= 4 is 11.9 Å². The molecule has 3 amide bonds. The maximum absolute atomic E-state index is 12.7. The van der Waals surface area contributed by atoms with Crippen molar-refractivity contribution in [3.05, 3.63) is 0 Å². The molecule has 22 heavy (non-hydrogen) atoms. The summed E-state index contributed by atoms with van der Waals surface area (Å²) in [5.41, 5.74) is 0. The van der Waals surface area contributed by atoms with E-state index >= 15 is 0 Å². The number of amides is 3. The first-order valence-electron chi connectivity index (χ1n) is 8.49. The molecule has 2 saturated heterocycles. The Bertz CT molecular complexity index is 392. The summed E-state index contributed by atoms with van der Waals surface area (Å²) in [4.78, 5) is 28.2. The fraction of sp³-hybridized carbons (Fsp3) is 0.875. The molecule has 6 nitrogen and oxygen atoms in total. The van der Waals surface area contributed by atoms with Crippen molar-refractivity contribution < 1.29 is 9.59 Å². The fourth-order valence-electron chi connectivity index (χ4n) is 3.49. The summed E-state index contributed by atoms with van der Waals surface area (Å²) in [6.07, 6.45) is 2.49. The summed E-state index contributed by atoms with van der Waals surface area (Å²) in [6.45, 7) is 8.49. The van der Waals surface area contributed by atoms with Crippen molar-refractivity contribution in [2.45, 2.75) is 39.2 Å². The number of nitrogens with one attached hydrogen (secondary N) is 2. The van der Waals surface area contributed by atoms with Gasteiger partial charge in [0.1, 0.15) is 0 Å². The molecule has 2 heterocycles. The second-order valence-electron chi connectivity index (χ2n) is 6.79. The largest absolute Gasteiger partial charge is 0.341 e. The van der Waals surface area contributed by atoms with Gasteiger partial charge in [0.05, 0.1) is 0 Å². The summed E-state index contributed by atoms with van der Waals surface area (Å²) < 4.78 is 0. The van der Waals surface area contributed by atoms with Crippen LogP contribution in [0.4, 0.5) is 4.79 Å². The van der Waals surface area contributed by atoms with Crippen molar-refractivity contribution in [1.82, 2.24) is 20.4 Å². The van der Waals surface area contributed by atoms with Crippen LogP contribution in [0.3, 0.4) is 0 Å². The van der Waals surface area contributed by atoms with Gasteiger partial charge in [-0.25, -0.2) is 4.79 Å². The van der Waals surface area contributed by atoms with E-state index in [4.69, 9.17) is 0 Å². The molecule has 126 valence electrons. The van der Waals surface area contributed by atoms with Gasteiger partial charge in [0.15, 0.2) is 0 Å². The van der Waals surface area contributed by atoms with E-state index in [1.54, 1.807) is 7.05 Å². The highest BCUT2D eigenvalue weighted by Crippen LogP contribution is 2.23. The van der Waals surface area contributed by atoms with Gasteiger partial charge < -0.3 is 20.4 Å². The number of carbonyl (C=O) groups is 2. The topological polar surface area (TPSA) is 64.7 Å². The predicted molar refractivity (Wildman–Crippen MR) is 86.6 cm³/mol. The van der Waals surface area contributed by atoms with Crippen LogP contribution < -0.4 is 10.6 Å². The zero-order chi connectivity index (χ0) is 16.1. The second-order valence-corrected chi connectivity index (χ2v) is 6.79. The van der Waals surface area contributed by atoms with Crippen LogP contribution in [0.5, 0.6) is 0 Å². The molecule has 0 aromatic rings. The monoisotopic (exact) mass is 310 g/mol. The minimum absolute atomic E-state index is 0.00764. The summed E-state index contributed by atoms with van der Waals surface area (Å²) in [7, 11) is 1.66. The van der Waals surface area contributed by atoms with Crippen LogP contribution in [0.1, 0.15) is 33.1 Å². The molecule has 1 atom stereocenters. The highest BCUT2D eigenvalue weighted by molar-refractivity contribution is 5.77. The maximum atomic E-state index is 12.7. The molecule has 2 aliphatic heterocycles. The van der Waals surface area contributed by atoms with E-state index in [1.165, 1.54) is 0 Å². The van der Waals surface area contributed by atoms with Crippen LogP contribution in [-0.2, 0) is 4.79 Å². The lowest BCUT2D eigenvalue weighted by Crippen LogP contribution is -2.56. The van der Waals surface area contributed by atoms with E-state index in [0.29, 0.717) is 30.2 Å². The van der Waals surface area contributed by atoms with Gasteiger partial charge in [0.25, 0.3) is 0 Å². The lowest BCUT2D eigenvalue weighted by atomic mass is 9.92. The van der Waals surface area contributed by atoms with E-state index in [2.05, 4.69) is 29.4 Å². The molecule has 0 spiro atoms. The average molecular weight is 310 g/mol. The van der Waals surface area contributed by atoms with Gasteiger partial charge in [-0.1, -0.05) is 13.8 Å². The highest BCUT2D eigenvalue weighted by Gasteiger charge is 2.31. The number of likely N-dealkylation sites (tertiary alicyclic amines) is 1. The molecule has 2 N–H and O–H groups in total. The van der Waals surface area contributed by atoms with Crippen LogP contribution in [0, 0.1) is 11.8 Å². The number of hydrogen-bond donors (Lipinski definition) is 2. The molecule has 2 aliphatic rings. The third kappa shape index (κ3) is 4.12. The molecule has 0 aromatic heterocycles. The van der Waals surface area contributed by atoms with Crippen molar-refractivity contribution in [3.8, 4) is 0 Å². The third-order valence-electron chi connectivity index (χ3n) is 4.95. The summed E-state index contributed by atoms with van der Waals surface area (Å²) in [5.74, 6) is 1.18. The molecule has 0 aromatic carbocycles. The van der Waals surface area contributed by atoms with Gasteiger partial charge in [0.2, 0.25) is 5.91 Å². The molecule has 1 unspecified atom stereocenters. The van der Waals surface area contributed by atoms with Gasteiger partial charge >= 0.3 is 6.03 Å². The fourth-order valence-corrected chi connectivity index (χ4v) is 3.49. The van der Waals surface area contributed by atoms with E-state index < -0.39 is 0 Å². The first-order valence-corrected chi connectivity index (χ1v) is 8.49. The minimum Gasteiger partial charge on any atom is -0.341 e. The molecule has 0 bridgehead atoms. The molecule has 6 heteroatoms. The van der Waals surface area contributed by atoms with Crippen LogP contribution >= 0.6 is 0 Å². The van der Waals surface area contributed by atoms with Crippen molar-refractivity contribution in [2.75, 3.05) is 39.8 Å². The van der Waals surface area contributed by atoms with E-state index in [9.17, 15) is 9.59 Å². The van der Waals surface area contributed by atoms with Gasteiger partial charge in [-0.05, 0) is 24.7 Å². The van der Waals surface area contributed by atoms with E-state index in [-0.39, 0.29) is 6.03 Å². The van der Waals surface area contributed by atoms with Crippen molar-refractivity contribution in [3.63, 3.8) is 0 Å². The molecule has 0 aliphatic carbocycles. The number of nitrogens with zero attached hydrogens (tertiary/aromatic N) is 2. The molecular weight excluding hydrogens is 280 g/mol. The predicted octanol–water partition coefficient (Wildman–Crippen LogP) is 0.884. The van der Waals surface area contributed by atoms with E-state index in [0.717, 1.165) is 45.6 Å². The van der Waals surface area contributed by atoms with Crippen LogP contribution in [0.25, 0.3) is 0 Å². The SMILES string of the molecule is CNC(=O)N1CCC(CC(=O)N2CCNCC2C(C)C)CC1. The molecule has 0 radical (unpaired) electrons. The Hall–Kier alpha value is -1.30. The van der Waals surface area contributed by atoms with Gasteiger partial charge in [-0.3, -0.25) is 4.79 Å². The first-order chi connectivity index (χ1) is 10.5. The van der Waals surface area contributed by atoms with Crippen molar-refractivity contribution in [2.24, 2.45) is 11.8 Å². The standard InChI is InChI=1S/C16H30N4O2/c1-12(2)14-11-18-6-9-20(14)15(21)10-13-4-7-19(8-5-13)16(22)17-3/h12-14,18H,4-11H2,1-3H3,(H,17,22). The lowest BCUT2D eigenvalue weighted by Gasteiger charge is -2.40. The van der Waals surface area contributed by atoms with E-state index in [1.807, 2.05) is 4.90 Å². The number of piperazine rings is 1. The second kappa shape index (κ2) is 7.81. The lowest BCUT2D eigenvalue weighted by molar-refractivity contribution is -0.136. The molecular formula is C16H30N4O2. The van der Waals surface area contributed by atoms with Gasteiger partial charge in [-0.15, -0.1) is 0 Å². The zero-order valence-electron chi connectivity index (χ0n) is 14.1. The Balaban J connectivity index is 1.83. The normalized spacial score (nSPS) is 23.7. The third-order valence-corrected chi connectivity index (χ3v) is 4.95. The van der Waals surface area contributed by atoms with Crippen LogP contribution in [0.2, 0.25) is 0 Å². The summed E-state index contributed by atoms with van der Waals surface area (Å²) in [6, 6.07) is 0.305. The Morgan fingerprint density at radius 3 is 2.50 bits per heavy atom. The molecule has 2 fully saturated rings. The van der Waals surface area contributed by atoms with Gasteiger partial charge in [0, 0.05) is 52.2 Å². The summed E-state index contributed by atoms with van der Waals surface area (Å²) >= 11 is 0. The number of hydrogen-bond acceptors (Lipinski definition) is 3. The Morgan fingerprint density at radius 1 is 1.23 bits per heavy atom. The number of urea groups is 1. The van der Waals surface area contributed by atoms with Gasteiger partial charge in [-0.2, -0.15) is 0 Å². The maximum Gasteiger partial charge on any atom is 0.317 e.